The van der Waals surface area contributed by atoms with Crippen molar-refractivity contribution in [3.63, 3.8) is 0 Å². The first-order valence-electron chi connectivity index (χ1n) is 14.7. The first-order chi connectivity index (χ1) is 23.1. The molecule has 2 N–H and O–H groups in total. The minimum atomic E-state index is -0.476. The Morgan fingerprint density at radius 2 is 0.917 bits per heavy atom. The first kappa shape index (κ1) is 32.7. The minimum Gasteiger partial charge on any atom is -0.301 e. The number of nitrogens with zero attached hydrogens (tertiary/aromatic N) is 8. The molecule has 0 aliphatic carbocycles. The number of hydrogen-bond donors (Lipinski definition) is 2. The summed E-state index contributed by atoms with van der Waals surface area (Å²) in [6, 6.07) is 26.5. The average molecular weight is 643 g/mol. The SMILES string of the molecule is Cc1nc2ccccc2nc(C)c(NNc2ccc([N+](=O)[O-])cc2)c(C)nc2ccccc2nc(C)c1N=Nc1ccc([N+](=O)[O-])cc1. The summed E-state index contributed by atoms with van der Waals surface area (Å²) in [6.07, 6.45) is 0. The fourth-order valence-electron chi connectivity index (χ4n) is 4.65. The molecule has 0 radical (unpaired) electrons. The number of nitro groups is 2. The Morgan fingerprint density at radius 1 is 0.521 bits per heavy atom. The molecule has 240 valence electrons. The van der Waals surface area contributed by atoms with Gasteiger partial charge in [0.25, 0.3) is 11.4 Å². The van der Waals surface area contributed by atoms with Crippen LogP contribution in [0.15, 0.2) is 107 Å². The van der Waals surface area contributed by atoms with Crippen molar-refractivity contribution in [3.05, 3.63) is 140 Å². The van der Waals surface area contributed by atoms with E-state index >= 15 is 0 Å². The molecule has 0 bridgehead atoms. The third-order valence-corrected chi connectivity index (χ3v) is 7.06. The van der Waals surface area contributed by atoms with E-state index < -0.39 is 9.85 Å². The lowest BCUT2D eigenvalue weighted by Crippen LogP contribution is -2.11. The zero-order valence-corrected chi connectivity index (χ0v) is 26.4. The molecule has 14 heteroatoms. The maximum atomic E-state index is 11.1. The van der Waals surface area contributed by atoms with Crippen molar-refractivity contribution < 1.29 is 9.85 Å². The Labute approximate surface area is 274 Å². The number of azo groups is 1. The average Bonchev–Trinajstić information content (AvgIpc) is 3.06. The van der Waals surface area contributed by atoms with E-state index in [1.54, 1.807) is 26.0 Å². The van der Waals surface area contributed by atoms with Crippen molar-refractivity contribution in [2.45, 2.75) is 27.7 Å². The number of benzene rings is 4. The van der Waals surface area contributed by atoms with Gasteiger partial charge in [-0.2, -0.15) is 5.11 Å². The van der Waals surface area contributed by atoms with Gasteiger partial charge in [-0.1, -0.05) is 24.3 Å². The van der Waals surface area contributed by atoms with Gasteiger partial charge in [-0.05, 0) is 76.2 Å². The first-order valence-corrected chi connectivity index (χ1v) is 14.7. The summed E-state index contributed by atoms with van der Waals surface area (Å²) in [5.74, 6) is 0. The van der Waals surface area contributed by atoms with Gasteiger partial charge in [0, 0.05) is 24.3 Å². The number of nitro benzene ring substituents is 2. The number of nitrogens with one attached hydrogen (secondary N) is 2. The predicted octanol–water partition coefficient (Wildman–Crippen LogP) is 8.73. The van der Waals surface area contributed by atoms with E-state index in [4.69, 9.17) is 19.9 Å². The van der Waals surface area contributed by atoms with Crippen LogP contribution in [0.1, 0.15) is 22.8 Å². The minimum absolute atomic E-state index is 0.0187. The van der Waals surface area contributed by atoms with E-state index in [1.807, 2.05) is 62.4 Å². The number of anilines is 2. The van der Waals surface area contributed by atoms with Gasteiger partial charge >= 0.3 is 0 Å². The fourth-order valence-corrected chi connectivity index (χ4v) is 4.65. The highest BCUT2D eigenvalue weighted by atomic mass is 16.6. The van der Waals surface area contributed by atoms with Gasteiger partial charge in [0.1, 0.15) is 5.69 Å². The Balaban J connectivity index is 1.74. The summed E-state index contributed by atoms with van der Waals surface area (Å²) in [5.41, 5.74) is 12.7. The molecule has 48 heavy (non-hydrogen) atoms. The highest BCUT2D eigenvalue weighted by Gasteiger charge is 2.09. The van der Waals surface area contributed by atoms with Gasteiger partial charge in [-0.3, -0.25) is 25.7 Å². The van der Waals surface area contributed by atoms with Crippen LogP contribution < -0.4 is 10.9 Å². The quantitative estimate of drug-likeness (QED) is 0.0987. The Morgan fingerprint density at radius 3 is 1.33 bits per heavy atom. The summed E-state index contributed by atoms with van der Waals surface area (Å²) in [7, 11) is 0. The van der Waals surface area contributed by atoms with Gasteiger partial charge in [0.2, 0.25) is 0 Å². The van der Waals surface area contributed by atoms with Crippen molar-refractivity contribution in [3.8, 4) is 0 Å². The molecule has 0 unspecified atom stereocenters. The highest BCUT2D eigenvalue weighted by molar-refractivity contribution is 5.76. The molecule has 14 nitrogen and oxygen atoms in total. The molecule has 0 aliphatic rings. The van der Waals surface area contributed by atoms with E-state index in [1.165, 1.54) is 36.4 Å². The van der Waals surface area contributed by atoms with E-state index in [2.05, 4.69) is 21.1 Å². The molecular formula is C34H30N10O4. The number of hydrogen-bond acceptors (Lipinski definition) is 12. The second-order valence-corrected chi connectivity index (χ2v) is 10.5. The molecule has 1 heterocycles. The summed E-state index contributed by atoms with van der Waals surface area (Å²) in [5, 5.41) is 31.0. The Kier molecular flexibility index (Phi) is 9.94. The number of non-ortho nitro benzene ring substituents is 2. The third kappa shape index (κ3) is 7.92. The largest absolute Gasteiger partial charge is 0.301 e. The predicted molar refractivity (Wildman–Crippen MR) is 184 cm³/mol. The van der Waals surface area contributed by atoms with Crippen LogP contribution in [0, 0.1) is 47.9 Å². The van der Waals surface area contributed by atoms with Crippen LogP contribution in [-0.4, -0.2) is 29.8 Å². The van der Waals surface area contributed by atoms with Gasteiger partial charge in [0.15, 0.2) is 0 Å². The van der Waals surface area contributed by atoms with Crippen molar-refractivity contribution in [2.75, 3.05) is 10.9 Å². The molecule has 5 rings (SSSR count). The van der Waals surface area contributed by atoms with Crippen molar-refractivity contribution in [1.82, 2.24) is 19.9 Å². The van der Waals surface area contributed by atoms with Crippen molar-refractivity contribution >= 4 is 56.2 Å². The van der Waals surface area contributed by atoms with Crippen LogP contribution in [-0.2, 0) is 0 Å². The van der Waals surface area contributed by atoms with Crippen LogP contribution in [0.25, 0.3) is 22.1 Å². The van der Waals surface area contributed by atoms with Crippen LogP contribution in [0.2, 0.25) is 0 Å². The zero-order chi connectivity index (χ0) is 34.2. The Bertz CT molecular complexity index is 2100. The van der Waals surface area contributed by atoms with Gasteiger partial charge in [-0.15, -0.1) is 5.11 Å². The van der Waals surface area contributed by atoms with Crippen molar-refractivity contribution in [1.29, 1.82) is 0 Å². The number of fused-ring (bicyclic) bond motifs is 2. The molecule has 0 saturated carbocycles. The number of para-hydroxylation sites is 4. The fraction of sp³-hybridized carbons (Fsp3) is 0.118. The molecule has 0 spiro atoms. The molecule has 0 amide bonds. The summed E-state index contributed by atoms with van der Waals surface area (Å²) in [4.78, 5) is 40.8. The number of aromatic nitrogens is 4. The topological polar surface area (TPSA) is 187 Å². The molecular weight excluding hydrogens is 612 g/mol. The lowest BCUT2D eigenvalue weighted by atomic mass is 10.2. The van der Waals surface area contributed by atoms with Crippen LogP contribution >= 0.6 is 0 Å². The third-order valence-electron chi connectivity index (χ3n) is 7.06. The monoisotopic (exact) mass is 642 g/mol. The summed E-state index contributed by atoms with van der Waals surface area (Å²) < 4.78 is 0. The van der Waals surface area contributed by atoms with Crippen LogP contribution in [0.5, 0.6) is 0 Å². The maximum Gasteiger partial charge on any atom is 0.269 e. The van der Waals surface area contributed by atoms with E-state index in [0.29, 0.717) is 67.6 Å². The van der Waals surface area contributed by atoms with Gasteiger partial charge in [0.05, 0.1) is 71.8 Å². The van der Waals surface area contributed by atoms with Crippen LogP contribution in [0.4, 0.5) is 34.1 Å². The Hall–Kier alpha value is -6.70. The second-order valence-electron chi connectivity index (χ2n) is 10.5. The maximum absolute atomic E-state index is 11.1. The zero-order valence-electron chi connectivity index (χ0n) is 26.4. The van der Waals surface area contributed by atoms with Crippen molar-refractivity contribution in [2.24, 2.45) is 10.2 Å². The molecule has 1 aromatic heterocycles. The molecule has 0 saturated heterocycles. The second kappa shape index (κ2) is 14.6. The molecule has 0 aliphatic heterocycles. The number of hydrazine groups is 1. The van der Waals surface area contributed by atoms with E-state index in [9.17, 15) is 20.2 Å². The lowest BCUT2D eigenvalue weighted by molar-refractivity contribution is -0.385. The van der Waals surface area contributed by atoms with E-state index in [0.717, 1.165) is 0 Å². The lowest BCUT2D eigenvalue weighted by Gasteiger charge is -2.12. The smallest absolute Gasteiger partial charge is 0.269 e. The standard InChI is InChI=1S/C34H30N10O4/c1-21-33(41-39-25-13-17-27(18-14-25)43(45)46)22(2)36-31-11-7-8-12-32(31)38-24(4)34(23(3)37-30-10-6-5-9-29(30)35-21)42-40-26-15-19-28(20-16-26)44(47)48/h5-20,39,41H,1-4H3. The molecule has 5 aromatic rings. The number of aryl methyl sites for hydroxylation is 4. The van der Waals surface area contributed by atoms with E-state index in [-0.39, 0.29) is 11.4 Å². The molecule has 4 aromatic carbocycles. The summed E-state index contributed by atoms with van der Waals surface area (Å²) in [6.45, 7) is 7.26. The molecule has 0 fully saturated rings. The van der Waals surface area contributed by atoms with Crippen LogP contribution in [0.3, 0.4) is 0 Å². The molecule has 0 atom stereocenters. The normalized spacial score (nSPS) is 10.8. The van der Waals surface area contributed by atoms with Gasteiger partial charge < -0.3 is 5.43 Å². The number of rotatable bonds is 7. The summed E-state index contributed by atoms with van der Waals surface area (Å²) >= 11 is 0. The highest BCUT2D eigenvalue weighted by Crippen LogP contribution is 2.26. The van der Waals surface area contributed by atoms with Gasteiger partial charge in [-0.25, -0.2) is 19.9 Å².